The van der Waals surface area contributed by atoms with E-state index in [1.165, 1.54) is 12.1 Å². The molecule has 0 saturated carbocycles. The van der Waals surface area contributed by atoms with Gasteiger partial charge in [-0.3, -0.25) is 9.59 Å². The van der Waals surface area contributed by atoms with Crippen LogP contribution < -0.4 is 5.32 Å². The number of nitrogens with one attached hydrogen (secondary N) is 1. The van der Waals surface area contributed by atoms with Crippen LogP contribution in [0.25, 0.3) is 0 Å². The Morgan fingerprint density at radius 2 is 1.72 bits per heavy atom. The molecule has 0 saturated heterocycles. The highest BCUT2D eigenvalue weighted by molar-refractivity contribution is 14.1. The van der Waals surface area contributed by atoms with E-state index in [1.54, 1.807) is 12.1 Å². The van der Waals surface area contributed by atoms with Gasteiger partial charge >= 0.3 is 11.9 Å². The summed E-state index contributed by atoms with van der Waals surface area (Å²) in [6.45, 7) is 0. The monoisotopic (exact) mass is 363 g/mol. The van der Waals surface area contributed by atoms with Crippen molar-refractivity contribution in [1.82, 2.24) is 5.32 Å². The van der Waals surface area contributed by atoms with Gasteiger partial charge in [-0.15, -0.1) is 0 Å². The molecule has 0 spiro atoms. The normalized spacial score (nSPS) is 11.6. The van der Waals surface area contributed by atoms with E-state index in [4.69, 9.17) is 10.2 Å². The maximum Gasteiger partial charge on any atom is 0.326 e. The minimum Gasteiger partial charge on any atom is -0.481 e. The number of hydrogen-bond acceptors (Lipinski definition) is 3. The zero-order chi connectivity index (χ0) is 13.7. The van der Waals surface area contributed by atoms with Crippen LogP contribution in [0.5, 0.6) is 0 Å². The lowest BCUT2D eigenvalue weighted by Gasteiger charge is -2.12. The first-order chi connectivity index (χ1) is 8.40. The van der Waals surface area contributed by atoms with Gasteiger partial charge in [0.05, 0.1) is 6.42 Å². The van der Waals surface area contributed by atoms with Gasteiger partial charge in [0.25, 0.3) is 5.91 Å². The molecule has 0 aliphatic carbocycles. The molecule has 96 valence electrons. The summed E-state index contributed by atoms with van der Waals surface area (Å²) in [5, 5.41) is 19.5. The summed E-state index contributed by atoms with van der Waals surface area (Å²) in [5.74, 6) is -3.28. The molecule has 0 aromatic heterocycles. The van der Waals surface area contributed by atoms with Crippen LogP contribution in [-0.2, 0) is 9.59 Å². The Morgan fingerprint density at radius 1 is 1.17 bits per heavy atom. The molecule has 1 amide bonds. The van der Waals surface area contributed by atoms with E-state index in [-0.39, 0.29) is 5.56 Å². The van der Waals surface area contributed by atoms with Crippen molar-refractivity contribution in [2.75, 3.05) is 0 Å². The van der Waals surface area contributed by atoms with Gasteiger partial charge in [-0.1, -0.05) is 0 Å². The van der Waals surface area contributed by atoms with Crippen molar-refractivity contribution in [3.05, 3.63) is 33.4 Å². The van der Waals surface area contributed by atoms with Gasteiger partial charge in [0.1, 0.15) is 6.04 Å². The van der Waals surface area contributed by atoms with E-state index in [0.29, 0.717) is 0 Å². The summed E-state index contributed by atoms with van der Waals surface area (Å²) in [4.78, 5) is 32.9. The zero-order valence-corrected chi connectivity index (χ0v) is 11.2. The Morgan fingerprint density at radius 3 is 2.17 bits per heavy atom. The minimum absolute atomic E-state index is 0.284. The second-order valence-corrected chi connectivity index (χ2v) is 4.71. The van der Waals surface area contributed by atoms with Crippen molar-refractivity contribution >= 4 is 40.4 Å². The quantitative estimate of drug-likeness (QED) is 0.676. The van der Waals surface area contributed by atoms with Gasteiger partial charge in [0.2, 0.25) is 0 Å². The van der Waals surface area contributed by atoms with Crippen LogP contribution in [0.1, 0.15) is 16.8 Å². The van der Waals surface area contributed by atoms with Crippen molar-refractivity contribution in [3.8, 4) is 0 Å². The first-order valence-electron chi connectivity index (χ1n) is 4.91. The fraction of sp³-hybridized carbons (Fsp3) is 0.182. The summed E-state index contributed by atoms with van der Waals surface area (Å²) < 4.78 is 0.935. The molecule has 0 heterocycles. The third-order valence-electron chi connectivity index (χ3n) is 2.09. The number of halogens is 1. The summed E-state index contributed by atoms with van der Waals surface area (Å²) >= 11 is 2.07. The molecule has 0 fully saturated rings. The fourth-order valence-electron chi connectivity index (χ4n) is 1.22. The smallest absolute Gasteiger partial charge is 0.326 e. The lowest BCUT2D eigenvalue weighted by molar-refractivity contribution is -0.145. The van der Waals surface area contributed by atoms with Crippen LogP contribution in [0.4, 0.5) is 0 Å². The lowest BCUT2D eigenvalue weighted by atomic mass is 10.1. The number of hydrogen-bond donors (Lipinski definition) is 3. The molecule has 1 aromatic carbocycles. The third kappa shape index (κ3) is 4.32. The molecule has 0 aliphatic rings. The Balaban J connectivity index is 2.75. The zero-order valence-electron chi connectivity index (χ0n) is 9.09. The van der Waals surface area contributed by atoms with Crippen LogP contribution in [0.3, 0.4) is 0 Å². The van der Waals surface area contributed by atoms with E-state index in [0.717, 1.165) is 3.57 Å². The number of benzene rings is 1. The molecule has 1 rings (SSSR count). The largest absolute Gasteiger partial charge is 0.481 e. The SMILES string of the molecule is O=C(O)C[C@H](NC(=O)c1ccc(I)cc1)C(=O)O. The van der Waals surface area contributed by atoms with Gasteiger partial charge in [-0.2, -0.15) is 0 Å². The number of carbonyl (C=O) groups is 3. The molecule has 3 N–H and O–H groups in total. The van der Waals surface area contributed by atoms with Gasteiger partial charge < -0.3 is 15.5 Å². The first-order valence-corrected chi connectivity index (χ1v) is 5.99. The topological polar surface area (TPSA) is 104 Å². The summed E-state index contributed by atoms with van der Waals surface area (Å²) in [7, 11) is 0. The first kappa shape index (κ1) is 14.4. The van der Waals surface area contributed by atoms with Crippen molar-refractivity contribution in [3.63, 3.8) is 0 Å². The molecular formula is C11H10INO5. The molecule has 0 unspecified atom stereocenters. The number of carboxylic acids is 2. The molecular weight excluding hydrogens is 353 g/mol. The average Bonchev–Trinajstić information content (AvgIpc) is 2.28. The summed E-state index contributed by atoms with van der Waals surface area (Å²) in [6.07, 6.45) is -0.661. The van der Waals surface area contributed by atoms with Crippen molar-refractivity contribution in [2.24, 2.45) is 0 Å². The maximum absolute atomic E-state index is 11.7. The van der Waals surface area contributed by atoms with E-state index in [1.807, 2.05) is 0 Å². The van der Waals surface area contributed by atoms with Crippen LogP contribution in [0.15, 0.2) is 24.3 Å². The molecule has 1 atom stereocenters. The molecule has 7 heteroatoms. The fourth-order valence-corrected chi connectivity index (χ4v) is 1.58. The van der Waals surface area contributed by atoms with Crippen LogP contribution in [0, 0.1) is 3.57 Å². The number of amides is 1. The second-order valence-electron chi connectivity index (χ2n) is 3.47. The lowest BCUT2D eigenvalue weighted by Crippen LogP contribution is -2.42. The number of aliphatic carboxylic acids is 2. The van der Waals surface area contributed by atoms with E-state index < -0.39 is 30.3 Å². The van der Waals surface area contributed by atoms with Gasteiger partial charge in [-0.05, 0) is 46.9 Å². The van der Waals surface area contributed by atoms with E-state index >= 15 is 0 Å². The Bertz CT molecular complexity index is 471. The molecule has 1 aromatic rings. The highest BCUT2D eigenvalue weighted by Gasteiger charge is 2.23. The minimum atomic E-state index is -1.44. The van der Waals surface area contributed by atoms with Gasteiger partial charge in [-0.25, -0.2) is 4.79 Å². The van der Waals surface area contributed by atoms with Crippen LogP contribution >= 0.6 is 22.6 Å². The molecule has 0 bridgehead atoms. The maximum atomic E-state index is 11.7. The summed E-state index contributed by atoms with van der Waals surface area (Å²) in [6, 6.07) is 5.03. The predicted octanol–water partition coefficient (Wildman–Crippen LogP) is 0.949. The van der Waals surface area contributed by atoms with Gasteiger partial charge in [0.15, 0.2) is 0 Å². The highest BCUT2D eigenvalue weighted by atomic mass is 127. The Labute approximate surface area is 116 Å². The third-order valence-corrected chi connectivity index (χ3v) is 2.81. The Hall–Kier alpha value is -1.64. The standard InChI is InChI=1S/C11H10INO5/c12-7-3-1-6(2-4-7)10(16)13-8(11(17)18)5-9(14)15/h1-4,8H,5H2,(H,13,16)(H,14,15)(H,17,18)/t8-/m0/s1. The van der Waals surface area contributed by atoms with Crippen molar-refractivity contribution in [2.45, 2.75) is 12.5 Å². The summed E-state index contributed by atoms with van der Waals surface area (Å²) in [5.41, 5.74) is 0.284. The van der Waals surface area contributed by atoms with E-state index in [9.17, 15) is 14.4 Å². The number of rotatable bonds is 5. The van der Waals surface area contributed by atoms with Crippen molar-refractivity contribution in [1.29, 1.82) is 0 Å². The van der Waals surface area contributed by atoms with Crippen molar-refractivity contribution < 1.29 is 24.6 Å². The van der Waals surface area contributed by atoms with E-state index in [2.05, 4.69) is 27.9 Å². The predicted molar refractivity (Wildman–Crippen MR) is 70.3 cm³/mol. The molecule has 6 nitrogen and oxygen atoms in total. The molecule has 0 aliphatic heterocycles. The molecule has 0 radical (unpaired) electrons. The highest BCUT2D eigenvalue weighted by Crippen LogP contribution is 2.07. The number of carboxylic acid groups (broad SMARTS) is 2. The Kier molecular flexibility index (Phi) is 5.08. The van der Waals surface area contributed by atoms with Gasteiger partial charge in [0, 0.05) is 9.13 Å². The van der Waals surface area contributed by atoms with Crippen LogP contribution in [-0.4, -0.2) is 34.1 Å². The second kappa shape index (κ2) is 6.34. The molecule has 18 heavy (non-hydrogen) atoms. The average molecular weight is 363 g/mol. The van der Waals surface area contributed by atoms with Crippen LogP contribution in [0.2, 0.25) is 0 Å². The number of carbonyl (C=O) groups excluding carboxylic acids is 1.